The van der Waals surface area contributed by atoms with Gasteiger partial charge in [0.1, 0.15) is 6.54 Å². The van der Waals surface area contributed by atoms with Gasteiger partial charge in [-0.15, -0.1) is 10.2 Å². The maximum Gasteiger partial charge on any atom is 0.246 e. The van der Waals surface area contributed by atoms with Crippen molar-refractivity contribution >= 4 is 17.5 Å². The Labute approximate surface area is 139 Å². The summed E-state index contributed by atoms with van der Waals surface area (Å²) in [4.78, 5) is 15.7. The van der Waals surface area contributed by atoms with Gasteiger partial charge in [-0.2, -0.15) is 4.80 Å². The number of likely N-dealkylation sites (N-methyl/N-ethyl adjacent to an activating group) is 1. The van der Waals surface area contributed by atoms with Crippen LogP contribution in [-0.2, 0) is 11.3 Å². The first-order valence-electron chi connectivity index (χ1n) is 7.65. The van der Waals surface area contributed by atoms with Crippen molar-refractivity contribution in [2.45, 2.75) is 25.4 Å². The highest BCUT2D eigenvalue weighted by Gasteiger charge is 2.28. The molecule has 1 saturated heterocycles. The molecule has 1 atom stereocenters. The van der Waals surface area contributed by atoms with Crippen LogP contribution >= 0.6 is 11.6 Å². The fraction of sp³-hybridized carbons (Fsp3) is 0.467. The number of nitrogens with one attached hydrogen (secondary N) is 1. The lowest BCUT2D eigenvalue weighted by molar-refractivity contribution is -0.133. The quantitative estimate of drug-likeness (QED) is 0.889. The zero-order valence-electron chi connectivity index (χ0n) is 12.9. The van der Waals surface area contributed by atoms with Gasteiger partial charge in [0.15, 0.2) is 0 Å². The predicted octanol–water partition coefficient (Wildman–Crippen LogP) is 1.20. The van der Waals surface area contributed by atoms with Crippen LogP contribution in [0.15, 0.2) is 24.3 Å². The summed E-state index contributed by atoms with van der Waals surface area (Å²) in [5.74, 6) is 0.519. The maximum absolute atomic E-state index is 12.4. The Balaban J connectivity index is 1.66. The molecule has 1 aromatic carbocycles. The summed E-state index contributed by atoms with van der Waals surface area (Å²) < 4.78 is 0. The lowest BCUT2D eigenvalue weighted by Gasteiger charge is -2.24. The number of amides is 1. The minimum atomic E-state index is 0.0304. The summed E-state index contributed by atoms with van der Waals surface area (Å²) in [6.07, 6.45) is 2.08. The Morgan fingerprint density at radius 1 is 1.39 bits per heavy atom. The Kier molecular flexibility index (Phi) is 4.88. The number of carbonyl (C=O) groups excluding carboxylic acids is 1. The Bertz CT molecular complexity index is 671. The summed E-state index contributed by atoms with van der Waals surface area (Å²) in [6.45, 7) is 1.72. The second-order valence-electron chi connectivity index (χ2n) is 5.59. The summed E-state index contributed by atoms with van der Waals surface area (Å²) >= 11 is 5.87. The molecule has 0 saturated carbocycles. The van der Waals surface area contributed by atoms with Gasteiger partial charge in [0.05, 0.1) is 0 Å². The minimum Gasteiger partial charge on any atom is -0.337 e. The lowest BCUT2D eigenvalue weighted by Crippen LogP contribution is -2.42. The molecule has 2 aromatic rings. The van der Waals surface area contributed by atoms with Crippen molar-refractivity contribution in [3.63, 3.8) is 0 Å². The number of hydrogen-bond acceptors (Lipinski definition) is 5. The third-order valence-electron chi connectivity index (χ3n) is 3.97. The van der Waals surface area contributed by atoms with Crippen LogP contribution in [0.25, 0.3) is 11.4 Å². The second kappa shape index (κ2) is 7.06. The van der Waals surface area contributed by atoms with Gasteiger partial charge in [-0.3, -0.25) is 4.79 Å². The SMILES string of the molecule is CNCC1CCCN1C(=O)Cn1nnc(-c2ccc(Cl)cc2)n1. The number of benzene rings is 1. The van der Waals surface area contributed by atoms with E-state index in [4.69, 9.17) is 11.6 Å². The van der Waals surface area contributed by atoms with Gasteiger partial charge in [-0.1, -0.05) is 11.6 Å². The van der Waals surface area contributed by atoms with E-state index in [1.807, 2.05) is 24.1 Å². The standard InChI is InChI=1S/C15H19ClN6O/c1-17-9-13-3-2-8-21(13)14(23)10-22-19-15(18-20-22)11-4-6-12(16)7-5-11/h4-7,13,17H,2-3,8-10H2,1H3. The average molecular weight is 335 g/mol. The number of carbonyl (C=O) groups is 1. The van der Waals surface area contributed by atoms with Gasteiger partial charge < -0.3 is 10.2 Å². The van der Waals surface area contributed by atoms with Gasteiger partial charge in [0.25, 0.3) is 0 Å². The molecule has 3 rings (SSSR count). The van der Waals surface area contributed by atoms with E-state index < -0.39 is 0 Å². The van der Waals surface area contributed by atoms with E-state index in [0.29, 0.717) is 10.8 Å². The number of likely N-dealkylation sites (tertiary alicyclic amines) is 1. The average Bonchev–Trinajstić information content (AvgIpc) is 3.18. The molecule has 1 N–H and O–H groups in total. The van der Waals surface area contributed by atoms with E-state index in [1.54, 1.807) is 12.1 Å². The molecule has 0 radical (unpaired) electrons. The topological polar surface area (TPSA) is 75.9 Å². The Morgan fingerprint density at radius 2 is 2.17 bits per heavy atom. The number of aromatic nitrogens is 4. The summed E-state index contributed by atoms with van der Waals surface area (Å²) in [7, 11) is 1.90. The molecule has 1 amide bonds. The number of rotatable bonds is 5. The van der Waals surface area contributed by atoms with E-state index in [9.17, 15) is 4.79 Å². The molecule has 1 fully saturated rings. The van der Waals surface area contributed by atoms with Crippen molar-refractivity contribution in [3.05, 3.63) is 29.3 Å². The first-order chi connectivity index (χ1) is 11.2. The molecule has 7 nitrogen and oxygen atoms in total. The fourth-order valence-electron chi connectivity index (χ4n) is 2.85. The number of tetrazole rings is 1. The van der Waals surface area contributed by atoms with Crippen LogP contribution in [0.1, 0.15) is 12.8 Å². The molecular weight excluding hydrogens is 316 g/mol. The first kappa shape index (κ1) is 15.9. The molecule has 1 aliphatic rings. The van der Waals surface area contributed by atoms with Gasteiger partial charge in [0, 0.05) is 29.7 Å². The summed E-state index contributed by atoms with van der Waals surface area (Å²) in [6, 6.07) is 7.46. The molecule has 23 heavy (non-hydrogen) atoms. The van der Waals surface area contributed by atoms with Crippen molar-refractivity contribution < 1.29 is 4.79 Å². The van der Waals surface area contributed by atoms with Crippen molar-refractivity contribution in [2.75, 3.05) is 20.1 Å². The molecule has 0 aliphatic carbocycles. The van der Waals surface area contributed by atoms with Crippen LogP contribution in [0.5, 0.6) is 0 Å². The number of hydrogen-bond donors (Lipinski definition) is 1. The summed E-state index contributed by atoms with van der Waals surface area (Å²) in [5, 5.41) is 16.1. The van der Waals surface area contributed by atoms with Crippen LogP contribution in [0.3, 0.4) is 0 Å². The van der Waals surface area contributed by atoms with E-state index in [-0.39, 0.29) is 18.5 Å². The molecule has 8 heteroatoms. The maximum atomic E-state index is 12.4. The van der Waals surface area contributed by atoms with Crippen molar-refractivity contribution in [3.8, 4) is 11.4 Å². The van der Waals surface area contributed by atoms with Crippen LogP contribution in [0.2, 0.25) is 5.02 Å². The Morgan fingerprint density at radius 3 is 2.91 bits per heavy atom. The van der Waals surface area contributed by atoms with E-state index >= 15 is 0 Å². The lowest BCUT2D eigenvalue weighted by atomic mass is 10.2. The minimum absolute atomic E-state index is 0.0304. The van der Waals surface area contributed by atoms with Crippen molar-refractivity contribution in [2.24, 2.45) is 0 Å². The van der Waals surface area contributed by atoms with Gasteiger partial charge >= 0.3 is 0 Å². The van der Waals surface area contributed by atoms with E-state index in [0.717, 1.165) is 31.5 Å². The fourth-order valence-corrected chi connectivity index (χ4v) is 2.97. The van der Waals surface area contributed by atoms with E-state index in [1.165, 1.54) is 4.80 Å². The zero-order chi connectivity index (χ0) is 16.2. The van der Waals surface area contributed by atoms with Crippen LogP contribution in [0, 0.1) is 0 Å². The molecule has 0 bridgehead atoms. The van der Waals surface area contributed by atoms with Crippen molar-refractivity contribution in [1.29, 1.82) is 0 Å². The molecule has 0 spiro atoms. The smallest absolute Gasteiger partial charge is 0.246 e. The van der Waals surface area contributed by atoms with Gasteiger partial charge in [-0.05, 0) is 49.4 Å². The second-order valence-corrected chi connectivity index (χ2v) is 6.03. The molecule has 122 valence electrons. The highest BCUT2D eigenvalue weighted by atomic mass is 35.5. The zero-order valence-corrected chi connectivity index (χ0v) is 13.7. The normalized spacial score (nSPS) is 17.7. The van der Waals surface area contributed by atoms with Gasteiger partial charge in [0.2, 0.25) is 11.7 Å². The number of halogens is 1. The Hall–Kier alpha value is -1.99. The monoisotopic (exact) mass is 334 g/mol. The molecular formula is C15H19ClN6O. The predicted molar refractivity (Wildman–Crippen MR) is 86.9 cm³/mol. The number of nitrogens with zero attached hydrogens (tertiary/aromatic N) is 5. The highest BCUT2D eigenvalue weighted by Crippen LogP contribution is 2.18. The van der Waals surface area contributed by atoms with Crippen molar-refractivity contribution in [1.82, 2.24) is 30.4 Å². The van der Waals surface area contributed by atoms with E-state index in [2.05, 4.69) is 20.7 Å². The molecule has 1 aromatic heterocycles. The van der Waals surface area contributed by atoms with Crippen LogP contribution in [0.4, 0.5) is 0 Å². The molecule has 2 heterocycles. The third-order valence-corrected chi connectivity index (χ3v) is 4.22. The third kappa shape index (κ3) is 3.68. The van der Waals surface area contributed by atoms with Crippen LogP contribution in [-0.4, -0.2) is 57.2 Å². The highest BCUT2D eigenvalue weighted by molar-refractivity contribution is 6.30. The first-order valence-corrected chi connectivity index (χ1v) is 8.03. The van der Waals surface area contributed by atoms with Crippen LogP contribution < -0.4 is 5.32 Å². The molecule has 1 aliphatic heterocycles. The largest absolute Gasteiger partial charge is 0.337 e. The van der Waals surface area contributed by atoms with Gasteiger partial charge in [-0.25, -0.2) is 0 Å². The summed E-state index contributed by atoms with van der Waals surface area (Å²) in [5.41, 5.74) is 0.822. The molecule has 1 unspecified atom stereocenters.